The lowest BCUT2D eigenvalue weighted by Gasteiger charge is -2.20. The van der Waals surface area contributed by atoms with E-state index < -0.39 is 7.82 Å². The molecule has 5 heteroatoms. The molecule has 0 saturated heterocycles. The van der Waals surface area contributed by atoms with Gasteiger partial charge in [0, 0.05) is 0 Å². The molecular formula is C16H35O4P. The fourth-order valence-electron chi connectivity index (χ4n) is 2.24. The van der Waals surface area contributed by atoms with Crippen molar-refractivity contribution in [2.75, 3.05) is 19.8 Å². The van der Waals surface area contributed by atoms with Crippen LogP contribution in [0.4, 0.5) is 0 Å². The summed E-state index contributed by atoms with van der Waals surface area (Å²) in [4.78, 5) is 0. The summed E-state index contributed by atoms with van der Waals surface area (Å²) in [6.45, 7) is 9.11. The molecule has 0 fully saturated rings. The van der Waals surface area contributed by atoms with E-state index in [0.717, 1.165) is 12.8 Å². The van der Waals surface area contributed by atoms with Crippen LogP contribution in [0.2, 0.25) is 0 Å². The van der Waals surface area contributed by atoms with E-state index in [0.29, 0.717) is 25.7 Å². The highest BCUT2D eigenvalue weighted by Gasteiger charge is 2.26. The number of hydrogen-bond donors (Lipinski definition) is 0. The lowest BCUT2D eigenvalue weighted by atomic mass is 9.99. The molecule has 0 rings (SSSR count). The average molecular weight is 322 g/mol. The van der Waals surface area contributed by atoms with Crippen molar-refractivity contribution >= 4 is 7.82 Å². The molecule has 0 N–H and O–H groups in total. The Bertz CT molecular complexity index is 261. The van der Waals surface area contributed by atoms with Crippen molar-refractivity contribution in [3.8, 4) is 0 Å². The summed E-state index contributed by atoms with van der Waals surface area (Å²) in [5.41, 5.74) is 0. The van der Waals surface area contributed by atoms with Gasteiger partial charge in [0.1, 0.15) is 0 Å². The second-order valence-corrected chi connectivity index (χ2v) is 7.08. The Labute approximate surface area is 131 Å². The van der Waals surface area contributed by atoms with E-state index in [1.54, 1.807) is 13.8 Å². The first-order valence-electron chi connectivity index (χ1n) is 8.65. The number of phosphoric acid groups is 1. The van der Waals surface area contributed by atoms with Gasteiger partial charge in [-0.1, -0.05) is 58.8 Å². The van der Waals surface area contributed by atoms with Crippen molar-refractivity contribution in [1.29, 1.82) is 0 Å². The molecule has 0 bridgehead atoms. The topological polar surface area (TPSA) is 44.8 Å². The van der Waals surface area contributed by atoms with Gasteiger partial charge in [-0.2, -0.15) is 0 Å². The molecule has 0 aromatic rings. The van der Waals surface area contributed by atoms with E-state index in [-0.39, 0.29) is 0 Å². The summed E-state index contributed by atoms with van der Waals surface area (Å²) < 4.78 is 28.0. The van der Waals surface area contributed by atoms with Gasteiger partial charge < -0.3 is 0 Å². The molecule has 0 aliphatic heterocycles. The summed E-state index contributed by atoms with van der Waals surface area (Å²) in [7, 11) is -3.34. The molecule has 128 valence electrons. The molecule has 0 aromatic heterocycles. The molecule has 1 atom stereocenters. The van der Waals surface area contributed by atoms with E-state index in [2.05, 4.69) is 13.8 Å². The first-order valence-corrected chi connectivity index (χ1v) is 10.1. The highest BCUT2D eigenvalue weighted by atomic mass is 31.2. The molecule has 4 nitrogen and oxygen atoms in total. The summed E-state index contributed by atoms with van der Waals surface area (Å²) in [5, 5.41) is 0. The smallest absolute Gasteiger partial charge is 0.287 e. The van der Waals surface area contributed by atoms with Crippen molar-refractivity contribution in [1.82, 2.24) is 0 Å². The zero-order valence-electron chi connectivity index (χ0n) is 14.4. The van der Waals surface area contributed by atoms with Crippen LogP contribution >= 0.6 is 7.82 Å². The normalized spacial score (nSPS) is 13.5. The third-order valence-electron chi connectivity index (χ3n) is 3.59. The SMILES string of the molecule is CCCCCCCCC(CC)COP(=O)(OCC)OCC. The zero-order valence-corrected chi connectivity index (χ0v) is 15.3. The minimum Gasteiger partial charge on any atom is -0.287 e. The van der Waals surface area contributed by atoms with Crippen LogP contribution in [0.3, 0.4) is 0 Å². The second kappa shape index (κ2) is 13.8. The van der Waals surface area contributed by atoms with Crippen LogP contribution in [-0.2, 0) is 18.1 Å². The number of unbranched alkanes of at least 4 members (excludes halogenated alkanes) is 5. The molecule has 0 aromatic carbocycles. The molecule has 0 aliphatic carbocycles. The Morgan fingerprint density at radius 1 is 0.810 bits per heavy atom. The molecule has 0 radical (unpaired) electrons. The van der Waals surface area contributed by atoms with Gasteiger partial charge in [0.25, 0.3) is 0 Å². The second-order valence-electron chi connectivity index (χ2n) is 5.41. The maximum absolute atomic E-state index is 12.2. The van der Waals surface area contributed by atoms with Gasteiger partial charge in [-0.15, -0.1) is 0 Å². The number of rotatable bonds is 15. The van der Waals surface area contributed by atoms with Crippen LogP contribution in [0.15, 0.2) is 0 Å². The minimum atomic E-state index is -3.34. The lowest BCUT2D eigenvalue weighted by Crippen LogP contribution is -2.10. The van der Waals surface area contributed by atoms with E-state index in [1.165, 1.54) is 38.5 Å². The summed E-state index contributed by atoms with van der Waals surface area (Å²) in [6, 6.07) is 0. The largest absolute Gasteiger partial charge is 0.474 e. The maximum Gasteiger partial charge on any atom is 0.474 e. The number of hydrogen-bond acceptors (Lipinski definition) is 4. The standard InChI is InChI=1S/C16H35O4P/c1-5-9-10-11-12-13-14-16(6-2)15-20-21(17,18-7-3)19-8-4/h16H,5-15H2,1-4H3. The molecule has 0 heterocycles. The van der Waals surface area contributed by atoms with Crippen molar-refractivity contribution in [2.24, 2.45) is 5.92 Å². The molecule has 0 spiro atoms. The van der Waals surface area contributed by atoms with Crippen LogP contribution in [0.5, 0.6) is 0 Å². The fourth-order valence-corrected chi connectivity index (χ4v) is 3.49. The third-order valence-corrected chi connectivity index (χ3v) is 5.20. The molecule has 0 amide bonds. The lowest BCUT2D eigenvalue weighted by molar-refractivity contribution is 0.104. The average Bonchev–Trinajstić information content (AvgIpc) is 2.46. The summed E-state index contributed by atoms with van der Waals surface area (Å²) in [6.07, 6.45) is 9.95. The Hall–Kier alpha value is 0.110. The van der Waals surface area contributed by atoms with Gasteiger partial charge >= 0.3 is 7.82 Å². The molecule has 1 unspecified atom stereocenters. The van der Waals surface area contributed by atoms with Gasteiger partial charge in [0.2, 0.25) is 0 Å². The van der Waals surface area contributed by atoms with Crippen LogP contribution in [0.25, 0.3) is 0 Å². The van der Waals surface area contributed by atoms with Crippen LogP contribution in [-0.4, -0.2) is 19.8 Å². The molecule has 21 heavy (non-hydrogen) atoms. The quantitative estimate of drug-likeness (QED) is 0.275. The summed E-state index contributed by atoms with van der Waals surface area (Å²) >= 11 is 0. The Balaban J connectivity index is 3.93. The Morgan fingerprint density at radius 2 is 1.38 bits per heavy atom. The summed E-state index contributed by atoms with van der Waals surface area (Å²) in [5.74, 6) is 0.436. The van der Waals surface area contributed by atoms with E-state index in [9.17, 15) is 4.57 Å². The molecular weight excluding hydrogens is 287 g/mol. The first kappa shape index (κ1) is 21.1. The van der Waals surface area contributed by atoms with Gasteiger partial charge in [-0.25, -0.2) is 4.57 Å². The third kappa shape index (κ3) is 11.3. The van der Waals surface area contributed by atoms with E-state index in [4.69, 9.17) is 13.6 Å². The zero-order chi connectivity index (χ0) is 16.0. The van der Waals surface area contributed by atoms with Gasteiger partial charge in [0.15, 0.2) is 0 Å². The van der Waals surface area contributed by atoms with Crippen LogP contribution in [0.1, 0.15) is 79.1 Å². The van der Waals surface area contributed by atoms with Crippen molar-refractivity contribution in [3.05, 3.63) is 0 Å². The molecule has 0 saturated carbocycles. The predicted octanol–water partition coefficient (Wildman–Crippen LogP) is 5.96. The maximum atomic E-state index is 12.2. The van der Waals surface area contributed by atoms with E-state index >= 15 is 0 Å². The van der Waals surface area contributed by atoms with Gasteiger partial charge in [-0.3, -0.25) is 13.6 Å². The minimum absolute atomic E-state index is 0.339. The number of phosphoric ester groups is 1. The van der Waals surface area contributed by atoms with Crippen LogP contribution < -0.4 is 0 Å². The van der Waals surface area contributed by atoms with Gasteiger partial charge in [-0.05, 0) is 26.2 Å². The fraction of sp³-hybridized carbons (Fsp3) is 1.00. The van der Waals surface area contributed by atoms with Crippen molar-refractivity contribution in [3.63, 3.8) is 0 Å². The monoisotopic (exact) mass is 322 g/mol. The first-order chi connectivity index (χ1) is 10.1. The van der Waals surface area contributed by atoms with Crippen molar-refractivity contribution < 1.29 is 18.1 Å². The van der Waals surface area contributed by atoms with E-state index in [1.807, 2.05) is 0 Å². The Kier molecular flexibility index (Phi) is 13.8. The predicted molar refractivity (Wildman–Crippen MR) is 88.6 cm³/mol. The highest BCUT2D eigenvalue weighted by molar-refractivity contribution is 7.48. The van der Waals surface area contributed by atoms with Crippen LogP contribution in [0, 0.1) is 5.92 Å². The van der Waals surface area contributed by atoms with Gasteiger partial charge in [0.05, 0.1) is 19.8 Å². The molecule has 0 aliphatic rings. The van der Waals surface area contributed by atoms with Crippen molar-refractivity contribution in [2.45, 2.75) is 79.1 Å². The Morgan fingerprint density at radius 3 is 1.90 bits per heavy atom. The highest BCUT2D eigenvalue weighted by Crippen LogP contribution is 2.49.